The van der Waals surface area contributed by atoms with Crippen molar-refractivity contribution >= 4 is 43.6 Å². The van der Waals surface area contributed by atoms with Crippen LogP contribution in [0.25, 0.3) is 66.2 Å². The number of hydrogen-bond donors (Lipinski definition) is 0. The van der Waals surface area contributed by atoms with Crippen LogP contribution >= 0.6 is 0 Å². The van der Waals surface area contributed by atoms with E-state index in [1.165, 1.54) is 32.7 Å². The number of fused-ring (bicyclic) bond motifs is 6. The Morgan fingerprint density at radius 1 is 0.548 bits per heavy atom. The van der Waals surface area contributed by atoms with Crippen LogP contribution in [0.4, 0.5) is 0 Å². The number of pyridine rings is 1. The summed E-state index contributed by atoms with van der Waals surface area (Å²) in [6.45, 7) is 4.26. The zero-order chi connectivity index (χ0) is 28.4. The van der Waals surface area contributed by atoms with Crippen molar-refractivity contribution in [2.24, 2.45) is 0 Å². The molecule has 0 bridgehead atoms. The van der Waals surface area contributed by atoms with E-state index in [0.29, 0.717) is 5.56 Å². The highest BCUT2D eigenvalue weighted by atomic mass is 15.1. The van der Waals surface area contributed by atoms with Crippen molar-refractivity contribution in [3.05, 3.63) is 138 Å². The van der Waals surface area contributed by atoms with Crippen molar-refractivity contribution in [3.8, 4) is 28.7 Å². The topological polar surface area (TPSA) is 46.5 Å². The van der Waals surface area contributed by atoms with Crippen LogP contribution in [0.2, 0.25) is 0 Å². The van der Waals surface area contributed by atoms with Crippen LogP contribution < -0.4 is 0 Å². The van der Waals surface area contributed by atoms with E-state index in [9.17, 15) is 5.26 Å². The smallest absolute Gasteiger partial charge is 0.138 e. The molecule has 0 aliphatic carbocycles. The van der Waals surface area contributed by atoms with Gasteiger partial charge in [-0.05, 0) is 62.4 Å². The molecule has 0 radical (unpaired) electrons. The summed E-state index contributed by atoms with van der Waals surface area (Å²) in [4.78, 5) is 5.13. The number of para-hydroxylation sites is 2. The maximum atomic E-state index is 10.2. The summed E-state index contributed by atoms with van der Waals surface area (Å²) in [5, 5.41) is 14.9. The van der Waals surface area contributed by atoms with Gasteiger partial charge < -0.3 is 4.57 Å². The molecule has 4 nitrogen and oxygen atoms in total. The molecule has 0 spiro atoms. The summed E-state index contributed by atoms with van der Waals surface area (Å²) in [6, 6.07) is 42.6. The van der Waals surface area contributed by atoms with E-state index in [-0.39, 0.29) is 0 Å². The maximum Gasteiger partial charge on any atom is 0.138 e. The summed E-state index contributed by atoms with van der Waals surface area (Å²) in [5.74, 6) is 0.813. The van der Waals surface area contributed by atoms with Gasteiger partial charge in [-0.2, -0.15) is 5.26 Å². The Hall–Kier alpha value is -5.66. The van der Waals surface area contributed by atoms with E-state index in [1.807, 2.05) is 30.5 Å². The Morgan fingerprint density at radius 2 is 1.10 bits per heavy atom. The van der Waals surface area contributed by atoms with Gasteiger partial charge in [-0.1, -0.05) is 77.9 Å². The third-order valence-electron chi connectivity index (χ3n) is 8.33. The lowest BCUT2D eigenvalue weighted by Gasteiger charge is -2.17. The van der Waals surface area contributed by atoms with Gasteiger partial charge in [0.25, 0.3) is 0 Å². The molecule has 4 heteroatoms. The Balaban J connectivity index is 1.50. The van der Waals surface area contributed by atoms with Gasteiger partial charge in [-0.15, -0.1) is 0 Å². The molecule has 0 aliphatic rings. The Labute approximate surface area is 243 Å². The summed E-state index contributed by atoms with van der Waals surface area (Å²) in [5.41, 5.74) is 10.3. The van der Waals surface area contributed by atoms with Gasteiger partial charge in [0.2, 0.25) is 0 Å². The molecule has 0 atom stereocenters. The first-order chi connectivity index (χ1) is 20.6. The standard InChI is InChI=1S/C38H26N4/c1-24-15-17-35-30(19-24)28-11-5-7-13-33(28)41(35)37-23-40-38(21-32(37)27-10-4-3-9-26(27)22-39)42-34-14-8-6-12-29(34)31-20-25(2)16-18-36(31)42/h3-21,23H,1-2H3. The molecule has 5 aromatic carbocycles. The van der Waals surface area contributed by atoms with Crippen LogP contribution in [0.3, 0.4) is 0 Å². The predicted molar refractivity (Wildman–Crippen MR) is 173 cm³/mol. The quantitative estimate of drug-likeness (QED) is 0.225. The summed E-state index contributed by atoms with van der Waals surface area (Å²) in [6.07, 6.45) is 1.97. The molecule has 8 rings (SSSR count). The molecule has 8 aromatic rings. The molecule has 0 saturated heterocycles. The zero-order valence-electron chi connectivity index (χ0n) is 23.3. The van der Waals surface area contributed by atoms with Gasteiger partial charge in [0, 0.05) is 32.7 Å². The molecular formula is C38H26N4. The predicted octanol–water partition coefficient (Wildman–Crippen LogP) is 9.43. The largest absolute Gasteiger partial charge is 0.307 e. The van der Waals surface area contributed by atoms with E-state index in [1.54, 1.807) is 0 Å². The van der Waals surface area contributed by atoms with Crippen LogP contribution in [0.15, 0.2) is 121 Å². The third-order valence-corrected chi connectivity index (χ3v) is 8.33. The molecule has 0 saturated carbocycles. The molecule has 0 amide bonds. The van der Waals surface area contributed by atoms with E-state index in [4.69, 9.17) is 4.98 Å². The summed E-state index contributed by atoms with van der Waals surface area (Å²) >= 11 is 0. The molecule has 0 N–H and O–H groups in total. The Morgan fingerprint density at radius 3 is 1.76 bits per heavy atom. The zero-order valence-corrected chi connectivity index (χ0v) is 23.3. The van der Waals surface area contributed by atoms with Crippen molar-refractivity contribution in [3.63, 3.8) is 0 Å². The fourth-order valence-corrected chi connectivity index (χ4v) is 6.45. The maximum absolute atomic E-state index is 10.2. The molecule has 0 fully saturated rings. The minimum absolute atomic E-state index is 0.630. The van der Waals surface area contributed by atoms with Gasteiger partial charge >= 0.3 is 0 Å². The van der Waals surface area contributed by atoms with Crippen LogP contribution in [0.5, 0.6) is 0 Å². The highest BCUT2D eigenvalue weighted by molar-refractivity contribution is 6.11. The first-order valence-electron chi connectivity index (χ1n) is 14.1. The van der Waals surface area contributed by atoms with Crippen molar-refractivity contribution in [2.75, 3.05) is 0 Å². The monoisotopic (exact) mass is 538 g/mol. The fraction of sp³-hybridized carbons (Fsp3) is 0.0526. The number of benzene rings is 5. The Bertz CT molecular complexity index is 2400. The number of aromatic nitrogens is 3. The van der Waals surface area contributed by atoms with Crippen molar-refractivity contribution in [2.45, 2.75) is 13.8 Å². The van der Waals surface area contributed by atoms with Crippen LogP contribution in [0, 0.1) is 25.2 Å². The molecule has 198 valence electrons. The molecule has 3 aromatic heterocycles. The second kappa shape index (κ2) is 9.19. The minimum atomic E-state index is 0.630. The van der Waals surface area contributed by atoms with Gasteiger partial charge in [-0.3, -0.25) is 4.57 Å². The van der Waals surface area contributed by atoms with E-state index in [0.717, 1.165) is 44.7 Å². The van der Waals surface area contributed by atoms with Crippen LogP contribution in [-0.2, 0) is 0 Å². The number of nitrogens with zero attached hydrogens (tertiary/aromatic N) is 4. The van der Waals surface area contributed by atoms with Crippen molar-refractivity contribution in [1.29, 1.82) is 5.26 Å². The van der Waals surface area contributed by atoms with Crippen LogP contribution in [0.1, 0.15) is 16.7 Å². The van der Waals surface area contributed by atoms with E-state index < -0.39 is 0 Å². The highest BCUT2D eigenvalue weighted by Crippen LogP contribution is 2.39. The lowest BCUT2D eigenvalue weighted by molar-refractivity contribution is 1.05. The number of nitriles is 1. The highest BCUT2D eigenvalue weighted by Gasteiger charge is 2.20. The number of aryl methyl sites for hydroxylation is 2. The summed E-state index contributed by atoms with van der Waals surface area (Å²) in [7, 11) is 0. The number of rotatable bonds is 3. The first kappa shape index (κ1) is 24.2. The van der Waals surface area contributed by atoms with Gasteiger partial charge in [0.15, 0.2) is 0 Å². The fourth-order valence-electron chi connectivity index (χ4n) is 6.45. The lowest BCUT2D eigenvalue weighted by Crippen LogP contribution is -2.04. The lowest BCUT2D eigenvalue weighted by atomic mass is 9.99. The van der Waals surface area contributed by atoms with Crippen molar-refractivity contribution in [1.82, 2.24) is 14.1 Å². The second-order valence-corrected chi connectivity index (χ2v) is 11.0. The normalized spacial score (nSPS) is 11.5. The second-order valence-electron chi connectivity index (χ2n) is 11.0. The third kappa shape index (κ3) is 3.51. The average molecular weight is 539 g/mol. The Kier molecular flexibility index (Phi) is 5.29. The molecule has 42 heavy (non-hydrogen) atoms. The van der Waals surface area contributed by atoms with Gasteiger partial charge in [0.1, 0.15) is 5.82 Å². The molecule has 0 unspecified atom stereocenters. The minimum Gasteiger partial charge on any atom is -0.307 e. The number of hydrogen-bond acceptors (Lipinski definition) is 2. The van der Waals surface area contributed by atoms with Gasteiger partial charge in [-0.25, -0.2) is 4.98 Å². The van der Waals surface area contributed by atoms with E-state index >= 15 is 0 Å². The molecule has 0 aliphatic heterocycles. The summed E-state index contributed by atoms with van der Waals surface area (Å²) < 4.78 is 4.53. The SMILES string of the molecule is Cc1ccc2c(c1)c1ccccc1n2-c1cc(-c2ccccc2C#N)c(-n2c3ccccc3c3cc(C)ccc32)cn1. The molecule has 3 heterocycles. The van der Waals surface area contributed by atoms with Crippen molar-refractivity contribution < 1.29 is 0 Å². The van der Waals surface area contributed by atoms with E-state index in [2.05, 4.69) is 120 Å². The first-order valence-corrected chi connectivity index (χ1v) is 14.1. The average Bonchev–Trinajstić information content (AvgIpc) is 3.53. The van der Waals surface area contributed by atoms with Crippen LogP contribution in [-0.4, -0.2) is 14.1 Å². The van der Waals surface area contributed by atoms with Gasteiger partial charge in [0.05, 0.1) is 45.6 Å². The molecular weight excluding hydrogens is 512 g/mol.